The number of rotatable bonds is 3. The number of benzene rings is 1. The molecule has 108 valence electrons. The Morgan fingerprint density at radius 1 is 1.15 bits per heavy atom. The van der Waals surface area contributed by atoms with Crippen LogP contribution in [0, 0.1) is 0 Å². The van der Waals surface area contributed by atoms with E-state index in [2.05, 4.69) is 5.32 Å². The molecule has 1 amide bonds. The van der Waals surface area contributed by atoms with E-state index in [4.69, 9.17) is 44.6 Å². The van der Waals surface area contributed by atoms with E-state index < -0.39 is 24.1 Å². The highest BCUT2D eigenvalue weighted by atomic mass is 35.5. The number of nitrogens with one attached hydrogen (secondary N) is 1. The predicted octanol–water partition coefficient (Wildman–Crippen LogP) is 3.22. The van der Waals surface area contributed by atoms with Crippen molar-refractivity contribution < 1.29 is 19.4 Å². The molecule has 0 spiro atoms. The third-order valence-electron chi connectivity index (χ3n) is 2.84. The quantitative estimate of drug-likeness (QED) is 0.887. The first-order valence-electron chi connectivity index (χ1n) is 5.72. The lowest BCUT2D eigenvalue weighted by atomic mass is 10.2. The largest absolute Gasteiger partial charge is 0.479 e. The summed E-state index contributed by atoms with van der Waals surface area (Å²) in [6.07, 6.45) is -1.18. The van der Waals surface area contributed by atoms with Crippen molar-refractivity contribution in [2.75, 3.05) is 5.32 Å². The first-order valence-corrected chi connectivity index (χ1v) is 6.85. The Kier molecular flexibility index (Phi) is 4.75. The van der Waals surface area contributed by atoms with E-state index in [1.807, 2.05) is 0 Å². The van der Waals surface area contributed by atoms with Gasteiger partial charge in [0.05, 0.1) is 15.7 Å². The minimum atomic E-state index is -1.08. The zero-order valence-electron chi connectivity index (χ0n) is 10.0. The Bertz CT molecular complexity index is 541. The molecule has 0 aromatic heterocycles. The van der Waals surface area contributed by atoms with Crippen LogP contribution in [0.4, 0.5) is 5.69 Å². The number of carbonyl (C=O) groups is 2. The van der Waals surface area contributed by atoms with Crippen LogP contribution in [-0.4, -0.2) is 29.2 Å². The Hall–Kier alpha value is -1.01. The standard InChI is InChI=1S/C12H10Cl3NO4/c13-5-3-6(14)10(7(15)4-5)16-11(17)8-1-2-9(20-8)12(18)19/h3-4,8-9H,1-2H2,(H,16,17)(H,18,19)/t8-,9+/m0/s1. The van der Waals surface area contributed by atoms with Crippen LogP contribution in [0.15, 0.2) is 12.1 Å². The molecular formula is C12H10Cl3NO4. The second-order valence-corrected chi connectivity index (χ2v) is 5.51. The molecule has 1 aliphatic heterocycles. The molecule has 1 aromatic rings. The van der Waals surface area contributed by atoms with Gasteiger partial charge in [-0.25, -0.2) is 4.79 Å². The zero-order valence-corrected chi connectivity index (χ0v) is 12.3. The number of hydrogen-bond donors (Lipinski definition) is 2. The number of carbonyl (C=O) groups excluding carboxylic acids is 1. The van der Waals surface area contributed by atoms with Crippen LogP contribution >= 0.6 is 34.8 Å². The molecule has 2 rings (SSSR count). The summed E-state index contributed by atoms with van der Waals surface area (Å²) in [5.74, 6) is -1.57. The number of carboxylic acids is 1. The van der Waals surface area contributed by atoms with Crippen molar-refractivity contribution in [1.82, 2.24) is 0 Å². The van der Waals surface area contributed by atoms with E-state index in [0.717, 1.165) is 0 Å². The molecule has 20 heavy (non-hydrogen) atoms. The molecular weight excluding hydrogens is 328 g/mol. The van der Waals surface area contributed by atoms with E-state index in [-0.39, 0.29) is 22.2 Å². The van der Waals surface area contributed by atoms with Crippen LogP contribution in [0.1, 0.15) is 12.8 Å². The van der Waals surface area contributed by atoms with Gasteiger partial charge in [0.15, 0.2) is 6.10 Å². The lowest BCUT2D eigenvalue weighted by molar-refractivity contribution is -0.150. The maximum atomic E-state index is 12.0. The number of hydrogen-bond acceptors (Lipinski definition) is 3. The third-order valence-corrected chi connectivity index (χ3v) is 3.66. The molecule has 8 heteroatoms. The lowest BCUT2D eigenvalue weighted by Crippen LogP contribution is -2.30. The maximum absolute atomic E-state index is 12.0. The third kappa shape index (κ3) is 3.35. The van der Waals surface area contributed by atoms with Gasteiger partial charge in [-0.15, -0.1) is 0 Å². The average Bonchev–Trinajstić information content (AvgIpc) is 2.83. The number of amides is 1. The molecule has 0 radical (unpaired) electrons. The van der Waals surface area contributed by atoms with Crippen LogP contribution in [0.3, 0.4) is 0 Å². The molecule has 5 nitrogen and oxygen atoms in total. The Morgan fingerprint density at radius 2 is 1.70 bits per heavy atom. The van der Waals surface area contributed by atoms with Crippen LogP contribution < -0.4 is 5.32 Å². The number of ether oxygens (including phenoxy) is 1. The van der Waals surface area contributed by atoms with Gasteiger partial charge >= 0.3 is 5.97 Å². The molecule has 0 aliphatic carbocycles. The molecule has 1 heterocycles. The van der Waals surface area contributed by atoms with Gasteiger partial charge in [0.1, 0.15) is 6.10 Å². The second kappa shape index (κ2) is 6.18. The minimum Gasteiger partial charge on any atom is -0.479 e. The first kappa shape index (κ1) is 15.4. The molecule has 0 unspecified atom stereocenters. The van der Waals surface area contributed by atoms with Crippen LogP contribution in [-0.2, 0) is 14.3 Å². The average molecular weight is 339 g/mol. The van der Waals surface area contributed by atoms with Crippen molar-refractivity contribution in [3.8, 4) is 0 Å². The topological polar surface area (TPSA) is 75.6 Å². The Morgan fingerprint density at radius 3 is 2.20 bits per heavy atom. The highest BCUT2D eigenvalue weighted by molar-refractivity contribution is 6.42. The molecule has 0 saturated carbocycles. The summed E-state index contributed by atoms with van der Waals surface area (Å²) in [7, 11) is 0. The van der Waals surface area contributed by atoms with Gasteiger partial charge in [0.25, 0.3) is 5.91 Å². The van der Waals surface area contributed by atoms with E-state index >= 15 is 0 Å². The van der Waals surface area contributed by atoms with Gasteiger partial charge in [0, 0.05) is 5.02 Å². The maximum Gasteiger partial charge on any atom is 0.332 e. The summed E-state index contributed by atoms with van der Waals surface area (Å²) >= 11 is 17.7. The summed E-state index contributed by atoms with van der Waals surface area (Å²) in [5.41, 5.74) is 0.227. The van der Waals surface area contributed by atoms with Crippen molar-refractivity contribution >= 4 is 52.4 Å². The van der Waals surface area contributed by atoms with E-state index in [0.29, 0.717) is 11.4 Å². The summed E-state index contributed by atoms with van der Waals surface area (Å²) < 4.78 is 5.14. The van der Waals surface area contributed by atoms with Gasteiger partial charge in [-0.3, -0.25) is 4.79 Å². The van der Waals surface area contributed by atoms with Crippen LogP contribution in [0.25, 0.3) is 0 Å². The Balaban J connectivity index is 2.08. The van der Waals surface area contributed by atoms with Gasteiger partial charge in [-0.2, -0.15) is 0 Å². The fraction of sp³-hybridized carbons (Fsp3) is 0.333. The smallest absolute Gasteiger partial charge is 0.332 e. The van der Waals surface area contributed by atoms with Gasteiger partial charge in [-0.05, 0) is 25.0 Å². The van der Waals surface area contributed by atoms with Gasteiger partial charge in [0.2, 0.25) is 0 Å². The highest BCUT2D eigenvalue weighted by Gasteiger charge is 2.35. The van der Waals surface area contributed by atoms with Crippen molar-refractivity contribution in [2.45, 2.75) is 25.0 Å². The molecule has 2 N–H and O–H groups in total. The van der Waals surface area contributed by atoms with E-state index in [1.54, 1.807) is 0 Å². The summed E-state index contributed by atoms with van der Waals surface area (Å²) in [4.78, 5) is 22.8. The SMILES string of the molecule is O=C(Nc1c(Cl)cc(Cl)cc1Cl)[C@@H]1CC[C@H](C(=O)O)O1. The van der Waals surface area contributed by atoms with Crippen LogP contribution in [0.5, 0.6) is 0 Å². The predicted molar refractivity (Wildman–Crippen MR) is 75.6 cm³/mol. The van der Waals surface area contributed by atoms with Crippen molar-refractivity contribution in [2.24, 2.45) is 0 Å². The lowest BCUT2D eigenvalue weighted by Gasteiger charge is -2.14. The first-order chi connectivity index (χ1) is 9.38. The molecule has 1 aromatic carbocycles. The summed E-state index contributed by atoms with van der Waals surface area (Å²) in [6.45, 7) is 0. The molecule has 1 fully saturated rings. The van der Waals surface area contributed by atoms with Crippen molar-refractivity contribution in [3.63, 3.8) is 0 Å². The fourth-order valence-corrected chi connectivity index (χ4v) is 2.79. The molecule has 2 atom stereocenters. The zero-order chi connectivity index (χ0) is 14.9. The monoisotopic (exact) mass is 337 g/mol. The number of aliphatic carboxylic acids is 1. The molecule has 1 saturated heterocycles. The van der Waals surface area contributed by atoms with Crippen molar-refractivity contribution in [3.05, 3.63) is 27.2 Å². The number of halogens is 3. The molecule has 1 aliphatic rings. The number of carboxylic acid groups (broad SMARTS) is 1. The van der Waals surface area contributed by atoms with E-state index in [9.17, 15) is 9.59 Å². The normalized spacial score (nSPS) is 21.8. The van der Waals surface area contributed by atoms with Gasteiger partial charge in [-0.1, -0.05) is 34.8 Å². The highest BCUT2D eigenvalue weighted by Crippen LogP contribution is 2.34. The Labute approximate surface area is 129 Å². The van der Waals surface area contributed by atoms with Crippen LogP contribution in [0.2, 0.25) is 15.1 Å². The minimum absolute atomic E-state index is 0.198. The second-order valence-electron chi connectivity index (χ2n) is 4.26. The number of anilines is 1. The summed E-state index contributed by atoms with van der Waals surface area (Å²) in [5, 5.41) is 12.1. The summed E-state index contributed by atoms with van der Waals surface area (Å²) in [6, 6.07) is 2.89. The van der Waals surface area contributed by atoms with Crippen molar-refractivity contribution in [1.29, 1.82) is 0 Å². The molecule has 0 bridgehead atoms. The van der Waals surface area contributed by atoms with E-state index in [1.165, 1.54) is 12.1 Å². The fourth-order valence-electron chi connectivity index (χ4n) is 1.88. The van der Waals surface area contributed by atoms with Gasteiger partial charge < -0.3 is 15.2 Å².